The number of fused-ring (bicyclic) bond motifs is 2. The third-order valence-electron chi connectivity index (χ3n) is 13.7. The topological polar surface area (TPSA) is 97.1 Å². The summed E-state index contributed by atoms with van der Waals surface area (Å²) in [5.41, 5.74) is 10.7. The van der Waals surface area contributed by atoms with Crippen molar-refractivity contribution >= 4 is 34.2 Å². The molecule has 1 amide bonds. The molecule has 3 aliphatic heterocycles. The fraction of sp³-hybridized carbons (Fsp3) is 0.562. The molecule has 4 aliphatic rings. The van der Waals surface area contributed by atoms with Gasteiger partial charge in [-0.05, 0) is 129 Å². The number of allylic oxidation sites excluding steroid dienone is 1. The summed E-state index contributed by atoms with van der Waals surface area (Å²) in [7, 11) is 0.278. The molecule has 8 nitrogen and oxygen atoms in total. The summed E-state index contributed by atoms with van der Waals surface area (Å²) in [5, 5.41) is 0.464. The lowest BCUT2D eigenvalue weighted by Gasteiger charge is -2.51. The Bertz CT molecular complexity index is 1890. The molecule has 3 aromatic carbocycles. The van der Waals surface area contributed by atoms with Crippen LogP contribution < -0.4 is 20.1 Å². The van der Waals surface area contributed by atoms with Crippen LogP contribution in [0.1, 0.15) is 105 Å². The molecule has 0 radical (unpaired) electrons. The van der Waals surface area contributed by atoms with E-state index in [2.05, 4.69) is 64.8 Å². The second-order valence-electron chi connectivity index (χ2n) is 17.4. The lowest BCUT2D eigenvalue weighted by Crippen LogP contribution is -2.52. The average Bonchev–Trinajstić information content (AvgIpc) is 3.40. The fourth-order valence-electron chi connectivity index (χ4n) is 10.3. The van der Waals surface area contributed by atoms with Gasteiger partial charge in [0.1, 0.15) is 16.7 Å². The quantitative estimate of drug-likeness (QED) is 0.187. The van der Waals surface area contributed by atoms with Gasteiger partial charge in [-0.25, -0.2) is 4.21 Å². The number of halogens is 1. The van der Waals surface area contributed by atoms with Crippen molar-refractivity contribution in [3.8, 4) is 5.75 Å². The van der Waals surface area contributed by atoms with Crippen molar-refractivity contribution in [2.45, 2.75) is 107 Å². The molecule has 3 aromatic rings. The Labute approximate surface area is 354 Å². The minimum atomic E-state index is -1.64. The van der Waals surface area contributed by atoms with Crippen LogP contribution in [0.5, 0.6) is 5.75 Å². The van der Waals surface area contributed by atoms with Crippen molar-refractivity contribution in [2.24, 2.45) is 23.5 Å². The summed E-state index contributed by atoms with van der Waals surface area (Å²) in [6.45, 7) is 9.20. The van der Waals surface area contributed by atoms with Crippen LogP contribution in [0.3, 0.4) is 0 Å². The smallest absolute Gasteiger partial charge is 0.263 e. The van der Waals surface area contributed by atoms with Gasteiger partial charge in [-0.1, -0.05) is 86.8 Å². The highest BCUT2D eigenvalue weighted by atomic mass is 35.5. The predicted molar refractivity (Wildman–Crippen MR) is 238 cm³/mol. The van der Waals surface area contributed by atoms with E-state index in [0.717, 1.165) is 93.1 Å². The molecule has 0 aromatic heterocycles. The maximum Gasteiger partial charge on any atom is 0.263 e. The second kappa shape index (κ2) is 19.9. The maximum atomic E-state index is 14.3. The molecule has 7 unspecified atom stereocenters. The minimum absolute atomic E-state index is 0.0361. The van der Waals surface area contributed by atoms with E-state index in [1.54, 1.807) is 0 Å². The molecule has 314 valence electrons. The molecule has 7 rings (SSSR count). The van der Waals surface area contributed by atoms with Crippen molar-refractivity contribution in [3.63, 3.8) is 0 Å². The molecule has 1 saturated carbocycles. The Hall–Kier alpha value is -3.21. The number of methoxy groups -OCH3 is 1. The number of likely N-dealkylation sites (tertiary alicyclic amines) is 1. The first-order valence-corrected chi connectivity index (χ1v) is 23.5. The minimum Gasteiger partial charge on any atom is -0.491 e. The van der Waals surface area contributed by atoms with Gasteiger partial charge in [0.05, 0.1) is 23.1 Å². The van der Waals surface area contributed by atoms with Gasteiger partial charge >= 0.3 is 0 Å². The van der Waals surface area contributed by atoms with Gasteiger partial charge in [-0.3, -0.25) is 14.4 Å². The summed E-state index contributed by atoms with van der Waals surface area (Å²) >= 11 is 6.55. The summed E-state index contributed by atoms with van der Waals surface area (Å²) < 4.78 is 30.7. The van der Waals surface area contributed by atoms with Crippen molar-refractivity contribution in [1.82, 2.24) is 9.62 Å². The van der Waals surface area contributed by atoms with Gasteiger partial charge in [0.15, 0.2) is 0 Å². The van der Waals surface area contributed by atoms with E-state index in [9.17, 15) is 9.00 Å². The Morgan fingerprint density at radius 2 is 1.90 bits per heavy atom. The first kappa shape index (κ1) is 42.9. The van der Waals surface area contributed by atoms with Crippen molar-refractivity contribution in [1.29, 1.82) is 0 Å². The predicted octanol–water partition coefficient (Wildman–Crippen LogP) is 8.88. The number of hydrogen-bond donors (Lipinski definition) is 2. The zero-order valence-corrected chi connectivity index (χ0v) is 36.5. The number of piperidine rings is 1. The van der Waals surface area contributed by atoms with Gasteiger partial charge in [0.2, 0.25) is 0 Å². The molecule has 1 aliphatic carbocycles. The van der Waals surface area contributed by atoms with E-state index in [-0.39, 0.29) is 23.0 Å². The number of rotatable bonds is 11. The molecule has 8 atom stereocenters. The molecule has 2 bridgehead atoms. The van der Waals surface area contributed by atoms with Gasteiger partial charge in [-0.2, -0.15) is 0 Å². The van der Waals surface area contributed by atoms with E-state index >= 15 is 0 Å². The molecule has 0 spiro atoms. The number of carbonyl (C=O) groups is 1. The highest BCUT2D eigenvalue weighted by Gasteiger charge is 2.48. The number of nitrogens with two attached hydrogens (primary N) is 1. The number of amides is 1. The Balaban J connectivity index is 1.27. The van der Waals surface area contributed by atoms with Crippen LogP contribution >= 0.6 is 11.6 Å². The molecule has 58 heavy (non-hydrogen) atoms. The van der Waals surface area contributed by atoms with Gasteiger partial charge in [0, 0.05) is 55.8 Å². The zero-order valence-electron chi connectivity index (χ0n) is 34.9. The first-order valence-electron chi connectivity index (χ1n) is 21.9. The van der Waals surface area contributed by atoms with E-state index in [4.69, 9.17) is 26.8 Å². The van der Waals surface area contributed by atoms with E-state index in [1.807, 2.05) is 49.6 Å². The lowest BCUT2D eigenvalue weighted by molar-refractivity contribution is -0.0844. The molecule has 10 heteroatoms. The number of nitrogens with one attached hydrogen (secondary N) is 1. The van der Waals surface area contributed by atoms with Crippen LogP contribution in [0.25, 0.3) is 0 Å². The summed E-state index contributed by atoms with van der Waals surface area (Å²) in [5.74, 6) is 1.28. The molecule has 1 saturated heterocycles. The number of aryl methyl sites for hydroxylation is 1. The Morgan fingerprint density at radius 1 is 1.05 bits per heavy atom. The van der Waals surface area contributed by atoms with Crippen molar-refractivity contribution in [2.75, 3.05) is 51.3 Å². The Kier molecular flexibility index (Phi) is 14.7. The number of carbonyl (C=O) groups excluding carboxylic acids is 1. The average molecular weight is 830 g/mol. The first-order chi connectivity index (χ1) is 28.2. The maximum absolute atomic E-state index is 14.3. The number of benzene rings is 3. The third kappa shape index (κ3) is 9.87. The number of hydrogen-bond acceptors (Lipinski definition) is 7. The zero-order chi connectivity index (χ0) is 40.6. The van der Waals surface area contributed by atoms with Gasteiger partial charge in [0.25, 0.3) is 5.91 Å². The Morgan fingerprint density at radius 3 is 2.66 bits per heavy atom. The van der Waals surface area contributed by atoms with E-state index in [0.29, 0.717) is 43.0 Å². The van der Waals surface area contributed by atoms with Crippen LogP contribution in [0.15, 0.2) is 78.9 Å². The second-order valence-corrected chi connectivity index (χ2v) is 19.2. The summed E-state index contributed by atoms with van der Waals surface area (Å²) in [4.78, 5) is 19.1. The standard InChI is InChI=1S/C48H65ClN4O4S/c1-4-11-36-29-40(49)18-19-42(36)39-32-53-31-38-16-20-43(38)48(56-3,24-22-41-15-8-9-26-52(41)27-25-50)23-10-12-34(2)46(28-35-13-6-5-7-14-35)58(55)51-47(54)37-17-21-45(57-33-39)44(53)30-37/h5-7,10,13-14,17-19,21,23,29-30,34,38-39,41,43,46H,4,8-9,11-12,15-16,20,22,24-28,31-33,50H2,1-3H3,(H,51,54)/b23-10+/t34?,38?,39?,41?,43?,46?,48-,58?/m1/s1. The number of anilines is 1. The van der Waals surface area contributed by atoms with Crippen LogP contribution in [-0.2, 0) is 28.6 Å². The molecule has 2 fully saturated rings. The summed E-state index contributed by atoms with van der Waals surface area (Å²) in [6, 6.07) is 22.7. The lowest BCUT2D eigenvalue weighted by atomic mass is 9.62. The monoisotopic (exact) mass is 828 g/mol. The largest absolute Gasteiger partial charge is 0.491 e. The molecular weight excluding hydrogens is 764 g/mol. The number of ether oxygens (including phenoxy) is 2. The SMILES string of the molecule is CCCc1cc(Cl)ccc1C1COc2ccc3cc2N(C1)CC1CCC1[C@@](CCC1CCCCN1CCN)(OC)/C=C/CC(C)C(Cc1ccccc1)S(=O)NC3=O. The van der Waals surface area contributed by atoms with Gasteiger partial charge in [-0.15, -0.1) is 0 Å². The highest BCUT2D eigenvalue weighted by molar-refractivity contribution is 7.84. The van der Waals surface area contributed by atoms with Crippen LogP contribution in [-0.4, -0.2) is 78.3 Å². The van der Waals surface area contributed by atoms with E-state index in [1.165, 1.54) is 30.4 Å². The molecule has 3 heterocycles. The molecular formula is C48H65ClN4O4S. The highest BCUT2D eigenvalue weighted by Crippen LogP contribution is 2.49. The van der Waals surface area contributed by atoms with Gasteiger partial charge < -0.3 is 20.1 Å². The summed E-state index contributed by atoms with van der Waals surface area (Å²) in [6.07, 6.45) is 15.9. The molecule has 3 N–H and O–H groups in total. The van der Waals surface area contributed by atoms with Crippen molar-refractivity contribution in [3.05, 3.63) is 106 Å². The van der Waals surface area contributed by atoms with Crippen LogP contribution in [0.2, 0.25) is 5.02 Å². The van der Waals surface area contributed by atoms with Crippen LogP contribution in [0.4, 0.5) is 5.69 Å². The normalized spacial score (nSPS) is 30.0. The van der Waals surface area contributed by atoms with E-state index < -0.39 is 16.6 Å². The third-order valence-corrected chi connectivity index (χ3v) is 15.5. The fourth-order valence-corrected chi connectivity index (χ4v) is 11.8. The van der Waals surface area contributed by atoms with Crippen LogP contribution in [0, 0.1) is 17.8 Å². The van der Waals surface area contributed by atoms with Crippen molar-refractivity contribution < 1.29 is 18.5 Å². The number of nitrogens with zero attached hydrogens (tertiary/aromatic N) is 2.